The Morgan fingerprint density at radius 3 is 2.33 bits per heavy atom. The lowest BCUT2D eigenvalue weighted by molar-refractivity contribution is 0.0952. The third-order valence-electron chi connectivity index (χ3n) is 6.13. The molecule has 5 nitrogen and oxygen atoms in total. The number of nitrogens with zero attached hydrogens (tertiary/aromatic N) is 2. The van der Waals surface area contributed by atoms with Crippen LogP contribution in [0, 0.1) is 6.92 Å². The lowest BCUT2D eigenvalue weighted by Crippen LogP contribution is -2.26. The Hall–Kier alpha value is -2.56. The molecule has 182 valence electrons. The van der Waals surface area contributed by atoms with E-state index >= 15 is 0 Å². The van der Waals surface area contributed by atoms with Gasteiger partial charge in [0.05, 0.1) is 13.2 Å². The van der Waals surface area contributed by atoms with Crippen LogP contribution >= 0.6 is 0 Å². The zero-order chi connectivity index (χ0) is 24.1. The minimum absolute atomic E-state index is 0.117. The maximum Gasteiger partial charge on any atom is 0.272 e. The molecule has 0 spiro atoms. The number of amides is 1. The van der Waals surface area contributed by atoms with Gasteiger partial charge in [-0.3, -0.25) is 9.48 Å². The lowest BCUT2D eigenvalue weighted by Gasteiger charge is -2.23. The number of benzene rings is 1. The Labute approximate surface area is 200 Å². The van der Waals surface area contributed by atoms with E-state index < -0.39 is 0 Å². The molecular formula is C28H43N3O2. The fraction of sp³-hybridized carbons (Fsp3) is 0.571. The van der Waals surface area contributed by atoms with E-state index in [4.69, 9.17) is 4.74 Å². The molecule has 1 amide bonds. The molecule has 3 rings (SSSR count). The first-order valence-electron chi connectivity index (χ1n) is 12.7. The Kier molecular flexibility index (Phi) is 11.8. The quantitative estimate of drug-likeness (QED) is 0.439. The van der Waals surface area contributed by atoms with Crippen LogP contribution < -0.4 is 10.1 Å². The third-order valence-corrected chi connectivity index (χ3v) is 6.13. The smallest absolute Gasteiger partial charge is 0.272 e. The van der Waals surface area contributed by atoms with Gasteiger partial charge in [0.2, 0.25) is 0 Å². The summed E-state index contributed by atoms with van der Waals surface area (Å²) in [6, 6.07) is 10.3. The number of hydrogen-bond acceptors (Lipinski definition) is 3. The van der Waals surface area contributed by atoms with E-state index in [0.29, 0.717) is 18.3 Å². The van der Waals surface area contributed by atoms with Crippen LogP contribution in [0.1, 0.15) is 106 Å². The summed E-state index contributed by atoms with van der Waals surface area (Å²) in [7, 11) is 1.66. The summed E-state index contributed by atoms with van der Waals surface area (Å²) in [6.07, 6.45) is 13.3. The number of unbranched alkanes of at least 4 members (excludes halogenated alkanes) is 2. The highest BCUT2D eigenvalue weighted by Gasteiger charge is 2.20. The Balaban J connectivity index is 0.000000696. The molecule has 0 unspecified atom stereocenters. The molecule has 33 heavy (non-hydrogen) atoms. The number of carbonyl (C=O) groups excluding carboxylic acids is 1. The van der Waals surface area contributed by atoms with Crippen LogP contribution in [-0.2, 0) is 0 Å². The van der Waals surface area contributed by atoms with Crippen LogP contribution in [-0.4, -0.2) is 29.3 Å². The maximum atomic E-state index is 12.7. The average molecular weight is 454 g/mol. The van der Waals surface area contributed by atoms with E-state index in [-0.39, 0.29) is 5.91 Å². The number of rotatable bonds is 9. The molecule has 2 aromatic rings. The van der Waals surface area contributed by atoms with Gasteiger partial charge in [0.15, 0.2) is 0 Å². The van der Waals surface area contributed by atoms with Crippen LogP contribution in [0.2, 0.25) is 0 Å². The minimum atomic E-state index is -0.117. The second-order valence-corrected chi connectivity index (χ2v) is 8.81. The van der Waals surface area contributed by atoms with Crippen molar-refractivity contribution >= 4 is 11.5 Å². The molecule has 5 heteroatoms. The molecule has 0 atom stereocenters. The van der Waals surface area contributed by atoms with Gasteiger partial charge in [0.25, 0.3) is 5.91 Å². The van der Waals surface area contributed by atoms with Gasteiger partial charge in [-0.05, 0) is 55.5 Å². The van der Waals surface area contributed by atoms with Crippen molar-refractivity contribution in [1.82, 2.24) is 15.1 Å². The van der Waals surface area contributed by atoms with Crippen LogP contribution in [0.4, 0.5) is 0 Å². The van der Waals surface area contributed by atoms with Crippen molar-refractivity contribution in [2.45, 2.75) is 91.5 Å². The summed E-state index contributed by atoms with van der Waals surface area (Å²) in [6.45, 7) is 9.04. The fourth-order valence-electron chi connectivity index (χ4n) is 4.26. The molecule has 1 aliphatic rings. The molecular weight excluding hydrogens is 410 g/mol. The Bertz CT molecular complexity index is 860. The molecule has 1 heterocycles. The number of methoxy groups -OCH3 is 1. The van der Waals surface area contributed by atoms with Crippen molar-refractivity contribution in [3.8, 4) is 5.75 Å². The van der Waals surface area contributed by atoms with Crippen LogP contribution in [0.15, 0.2) is 36.4 Å². The van der Waals surface area contributed by atoms with Crippen LogP contribution in [0.25, 0.3) is 5.57 Å². The van der Waals surface area contributed by atoms with E-state index in [0.717, 1.165) is 41.8 Å². The molecule has 1 aliphatic carbocycles. The van der Waals surface area contributed by atoms with Crippen molar-refractivity contribution in [1.29, 1.82) is 0 Å². The minimum Gasteiger partial charge on any atom is -0.497 e. The molecule has 1 N–H and O–H groups in total. The molecule has 1 aromatic heterocycles. The topological polar surface area (TPSA) is 56.2 Å². The van der Waals surface area contributed by atoms with Crippen LogP contribution in [0.5, 0.6) is 5.75 Å². The molecule has 0 saturated heterocycles. The second-order valence-electron chi connectivity index (χ2n) is 8.81. The zero-order valence-electron chi connectivity index (χ0n) is 21.3. The molecule has 1 fully saturated rings. The van der Waals surface area contributed by atoms with Crippen molar-refractivity contribution in [2.24, 2.45) is 0 Å². The van der Waals surface area contributed by atoms with Gasteiger partial charge in [-0.2, -0.15) is 5.10 Å². The highest BCUT2D eigenvalue weighted by molar-refractivity contribution is 5.93. The molecule has 0 bridgehead atoms. The van der Waals surface area contributed by atoms with Gasteiger partial charge >= 0.3 is 0 Å². The van der Waals surface area contributed by atoms with Crippen molar-refractivity contribution < 1.29 is 9.53 Å². The van der Waals surface area contributed by atoms with Crippen molar-refractivity contribution in [3.63, 3.8) is 0 Å². The number of hydrogen-bond donors (Lipinski definition) is 1. The summed E-state index contributed by atoms with van der Waals surface area (Å²) in [4.78, 5) is 12.7. The van der Waals surface area contributed by atoms with Crippen molar-refractivity contribution in [2.75, 3.05) is 13.7 Å². The summed E-state index contributed by atoms with van der Waals surface area (Å²) in [5.74, 6) is 0.709. The molecule has 0 radical (unpaired) electrons. The Morgan fingerprint density at radius 2 is 1.79 bits per heavy atom. The standard InChI is InChI=1S/C23H31N3O2.C5H12/c1-4-8-19(18-11-13-21(28-3)14-12-18)16-24-23(27)22-15-17(2)26(25-22)20-9-6-5-7-10-20;1-3-5-4-2/h8,11-15,20H,4-7,9-10,16H2,1-3H3,(H,24,27);3-5H2,1-2H3/b19-8+;. The third kappa shape index (κ3) is 8.38. The summed E-state index contributed by atoms with van der Waals surface area (Å²) < 4.78 is 7.28. The summed E-state index contributed by atoms with van der Waals surface area (Å²) in [5.41, 5.74) is 3.76. The first kappa shape index (κ1) is 26.7. The number of nitrogens with one attached hydrogen (secondary N) is 1. The number of aryl methyl sites for hydroxylation is 1. The van der Waals surface area contributed by atoms with E-state index in [1.165, 1.54) is 38.5 Å². The fourth-order valence-corrected chi connectivity index (χ4v) is 4.26. The normalized spacial score (nSPS) is 14.4. The largest absolute Gasteiger partial charge is 0.497 e. The van der Waals surface area contributed by atoms with Gasteiger partial charge in [-0.1, -0.05) is 77.5 Å². The number of ether oxygens (including phenoxy) is 1. The molecule has 0 aliphatic heterocycles. The Morgan fingerprint density at radius 1 is 1.12 bits per heavy atom. The molecule has 1 aromatic carbocycles. The van der Waals surface area contributed by atoms with Crippen LogP contribution in [0.3, 0.4) is 0 Å². The predicted octanol–water partition coefficient (Wildman–Crippen LogP) is 7.13. The van der Waals surface area contributed by atoms with E-state index in [1.54, 1.807) is 7.11 Å². The van der Waals surface area contributed by atoms with Crippen molar-refractivity contribution in [3.05, 3.63) is 53.4 Å². The predicted molar refractivity (Wildman–Crippen MR) is 138 cm³/mol. The number of aromatic nitrogens is 2. The monoisotopic (exact) mass is 453 g/mol. The van der Waals surface area contributed by atoms with E-state index in [1.807, 2.05) is 37.3 Å². The summed E-state index contributed by atoms with van der Waals surface area (Å²) >= 11 is 0. The highest BCUT2D eigenvalue weighted by Crippen LogP contribution is 2.28. The second kappa shape index (κ2) is 14.6. The first-order chi connectivity index (χ1) is 16.0. The number of allylic oxidation sites excluding steroid dienone is 1. The van der Waals surface area contributed by atoms with Gasteiger partial charge < -0.3 is 10.1 Å². The van der Waals surface area contributed by atoms with Gasteiger partial charge in [-0.25, -0.2) is 0 Å². The first-order valence-corrected chi connectivity index (χ1v) is 12.7. The van der Waals surface area contributed by atoms with Gasteiger partial charge in [-0.15, -0.1) is 0 Å². The van der Waals surface area contributed by atoms with Gasteiger partial charge in [0, 0.05) is 12.2 Å². The zero-order valence-corrected chi connectivity index (χ0v) is 21.3. The van der Waals surface area contributed by atoms with E-state index in [2.05, 4.69) is 41.9 Å². The lowest BCUT2D eigenvalue weighted by atomic mass is 9.95. The summed E-state index contributed by atoms with van der Waals surface area (Å²) in [5, 5.41) is 7.66. The maximum absolute atomic E-state index is 12.7. The SMILES string of the molecule is CC/C=C(\CNC(=O)c1cc(C)n(C2CCCCC2)n1)c1ccc(OC)cc1.CCCCC. The number of carbonyl (C=O) groups is 1. The molecule has 1 saturated carbocycles. The van der Waals surface area contributed by atoms with Gasteiger partial charge in [0.1, 0.15) is 11.4 Å². The highest BCUT2D eigenvalue weighted by atomic mass is 16.5. The van der Waals surface area contributed by atoms with E-state index in [9.17, 15) is 4.79 Å². The average Bonchev–Trinajstić information content (AvgIpc) is 3.25.